The first-order chi connectivity index (χ1) is 12.5. The molecule has 3 rings (SSSR count). The van der Waals surface area contributed by atoms with Crippen molar-refractivity contribution in [1.82, 2.24) is 9.78 Å². The lowest BCUT2D eigenvalue weighted by molar-refractivity contribution is -0.136. The van der Waals surface area contributed by atoms with Gasteiger partial charge in [-0.2, -0.15) is 5.10 Å². The molecule has 26 heavy (non-hydrogen) atoms. The van der Waals surface area contributed by atoms with Gasteiger partial charge in [-0.1, -0.05) is 42.5 Å². The van der Waals surface area contributed by atoms with E-state index >= 15 is 0 Å². The Morgan fingerprint density at radius 3 is 2.42 bits per heavy atom. The molecule has 0 amide bonds. The Balaban J connectivity index is 2.03. The number of rotatable bonds is 5. The van der Waals surface area contributed by atoms with Gasteiger partial charge in [0.15, 0.2) is 0 Å². The number of carbonyl (C=O) groups is 1. The second-order valence-electron chi connectivity index (χ2n) is 5.96. The Hall–Kier alpha value is -3.41. The molecule has 1 aromatic heterocycles. The highest BCUT2D eigenvalue weighted by Gasteiger charge is 2.09. The van der Waals surface area contributed by atoms with E-state index in [4.69, 9.17) is 10.8 Å². The number of hydrogen-bond donors (Lipinski definition) is 2. The van der Waals surface area contributed by atoms with Crippen molar-refractivity contribution in [2.75, 3.05) is 5.73 Å². The average molecular weight is 349 g/mol. The van der Waals surface area contributed by atoms with Gasteiger partial charge >= 0.3 is 5.97 Å². The largest absolute Gasteiger partial charge is 0.481 e. The first kappa shape index (κ1) is 17.4. The second-order valence-corrected chi connectivity index (χ2v) is 5.96. The Bertz CT molecular complexity index is 1020. The van der Waals surface area contributed by atoms with E-state index in [1.54, 1.807) is 12.1 Å². The zero-order valence-electron chi connectivity index (χ0n) is 14.3. The lowest BCUT2D eigenvalue weighted by Crippen LogP contribution is -2.24. The van der Waals surface area contributed by atoms with Crippen molar-refractivity contribution in [3.05, 3.63) is 70.5 Å². The molecule has 0 fully saturated rings. The number of carboxylic acid groups (broad SMARTS) is 1. The second kappa shape index (κ2) is 7.23. The van der Waals surface area contributed by atoms with Gasteiger partial charge in [-0.3, -0.25) is 9.59 Å². The molecule has 1 heterocycles. The fraction of sp³-hybridized carbons (Fsp3) is 0.150. The fourth-order valence-electron chi connectivity index (χ4n) is 2.81. The number of hydrogen-bond acceptors (Lipinski definition) is 4. The van der Waals surface area contributed by atoms with E-state index < -0.39 is 5.97 Å². The zero-order chi connectivity index (χ0) is 18.7. The third-order valence-electron chi connectivity index (χ3n) is 4.08. The highest BCUT2D eigenvalue weighted by Crippen LogP contribution is 2.26. The summed E-state index contributed by atoms with van der Waals surface area (Å²) >= 11 is 0. The van der Waals surface area contributed by atoms with E-state index in [2.05, 4.69) is 5.10 Å². The zero-order valence-corrected chi connectivity index (χ0v) is 14.3. The maximum absolute atomic E-state index is 11.9. The van der Waals surface area contributed by atoms with E-state index in [-0.39, 0.29) is 17.7 Å². The predicted molar refractivity (Wildman–Crippen MR) is 101 cm³/mol. The number of nitrogen functional groups attached to an aromatic ring is 1. The summed E-state index contributed by atoms with van der Waals surface area (Å²) in [7, 11) is 0. The number of aryl methyl sites for hydroxylation is 1. The molecule has 6 heteroatoms. The predicted octanol–water partition coefficient (Wildman–Crippen LogP) is 2.81. The molecule has 2 aromatic carbocycles. The Labute approximate surface area is 150 Å². The SMILES string of the molecule is CCn1nc(-c2cccc(-c3cccc(CC(=O)O)c3)c2)cc(N)c1=O. The van der Waals surface area contributed by atoms with Gasteiger partial charge in [-0.25, -0.2) is 4.68 Å². The molecule has 0 spiro atoms. The molecule has 0 atom stereocenters. The molecule has 132 valence electrons. The standard InChI is InChI=1S/C20H19N3O3/c1-2-23-20(26)17(21)12-18(22-23)16-8-4-7-15(11-16)14-6-3-5-13(9-14)10-19(24)25/h3-9,11-12H,2,10,21H2,1H3,(H,24,25). The molecule has 0 aliphatic rings. The van der Waals surface area contributed by atoms with Crippen molar-refractivity contribution in [2.24, 2.45) is 0 Å². The van der Waals surface area contributed by atoms with Crippen molar-refractivity contribution in [3.8, 4) is 22.4 Å². The van der Waals surface area contributed by atoms with Crippen LogP contribution in [0.4, 0.5) is 5.69 Å². The van der Waals surface area contributed by atoms with Gasteiger partial charge in [0.2, 0.25) is 0 Å². The number of aliphatic carboxylic acids is 1. The van der Waals surface area contributed by atoms with Crippen molar-refractivity contribution in [3.63, 3.8) is 0 Å². The summed E-state index contributed by atoms with van der Waals surface area (Å²) < 4.78 is 1.34. The summed E-state index contributed by atoms with van der Waals surface area (Å²) in [6, 6.07) is 16.7. The average Bonchev–Trinajstić information content (AvgIpc) is 2.63. The molecule has 0 radical (unpaired) electrons. The van der Waals surface area contributed by atoms with Crippen LogP contribution in [0.2, 0.25) is 0 Å². The van der Waals surface area contributed by atoms with Gasteiger partial charge in [0.05, 0.1) is 12.1 Å². The van der Waals surface area contributed by atoms with E-state index in [9.17, 15) is 9.59 Å². The van der Waals surface area contributed by atoms with Crippen LogP contribution in [0.25, 0.3) is 22.4 Å². The van der Waals surface area contributed by atoms with Crippen LogP contribution < -0.4 is 11.3 Å². The summed E-state index contributed by atoms with van der Waals surface area (Å²) in [5.74, 6) is -0.864. The number of benzene rings is 2. The highest BCUT2D eigenvalue weighted by molar-refractivity contribution is 5.74. The van der Waals surface area contributed by atoms with Crippen LogP contribution >= 0.6 is 0 Å². The van der Waals surface area contributed by atoms with E-state index in [0.717, 1.165) is 22.3 Å². The van der Waals surface area contributed by atoms with Crippen LogP contribution in [0.15, 0.2) is 59.4 Å². The van der Waals surface area contributed by atoms with Crippen LogP contribution in [-0.4, -0.2) is 20.9 Å². The van der Waals surface area contributed by atoms with Crippen LogP contribution in [0.5, 0.6) is 0 Å². The fourth-order valence-corrected chi connectivity index (χ4v) is 2.81. The normalized spacial score (nSPS) is 10.7. The smallest absolute Gasteiger partial charge is 0.307 e. The van der Waals surface area contributed by atoms with Gasteiger partial charge in [0.1, 0.15) is 5.69 Å². The summed E-state index contributed by atoms with van der Waals surface area (Å²) in [5, 5.41) is 13.3. The third kappa shape index (κ3) is 3.64. The number of nitrogens with zero attached hydrogens (tertiary/aromatic N) is 2. The Kier molecular flexibility index (Phi) is 4.84. The van der Waals surface area contributed by atoms with Crippen LogP contribution in [0, 0.1) is 0 Å². The molecule has 6 nitrogen and oxygen atoms in total. The van der Waals surface area contributed by atoms with Gasteiger partial charge in [-0.05, 0) is 35.7 Å². The molecule has 0 unspecified atom stereocenters. The molecule has 0 saturated carbocycles. The number of anilines is 1. The van der Waals surface area contributed by atoms with E-state index in [0.29, 0.717) is 12.2 Å². The molecule has 3 N–H and O–H groups in total. The van der Waals surface area contributed by atoms with E-state index in [1.807, 2.05) is 49.4 Å². The molecule has 3 aromatic rings. The van der Waals surface area contributed by atoms with Gasteiger partial charge in [-0.15, -0.1) is 0 Å². The number of carboxylic acids is 1. The monoisotopic (exact) mass is 349 g/mol. The molecule has 0 aliphatic heterocycles. The van der Waals surface area contributed by atoms with Gasteiger partial charge < -0.3 is 10.8 Å². The maximum atomic E-state index is 11.9. The van der Waals surface area contributed by atoms with Gasteiger partial charge in [0, 0.05) is 12.1 Å². The van der Waals surface area contributed by atoms with Crippen LogP contribution in [0.1, 0.15) is 12.5 Å². The molecule has 0 aliphatic carbocycles. The van der Waals surface area contributed by atoms with Crippen LogP contribution in [0.3, 0.4) is 0 Å². The highest BCUT2D eigenvalue weighted by atomic mass is 16.4. The minimum absolute atomic E-state index is 0.0208. The van der Waals surface area contributed by atoms with Crippen molar-refractivity contribution < 1.29 is 9.90 Å². The van der Waals surface area contributed by atoms with Crippen molar-refractivity contribution >= 4 is 11.7 Å². The summed E-state index contributed by atoms with van der Waals surface area (Å²) in [4.78, 5) is 22.9. The van der Waals surface area contributed by atoms with Crippen molar-refractivity contribution in [2.45, 2.75) is 19.9 Å². The maximum Gasteiger partial charge on any atom is 0.307 e. The molecular weight excluding hydrogens is 330 g/mol. The summed E-state index contributed by atoms with van der Waals surface area (Å²) in [6.45, 7) is 2.27. The molecule has 0 bridgehead atoms. The number of aromatic nitrogens is 2. The van der Waals surface area contributed by atoms with Gasteiger partial charge in [0.25, 0.3) is 5.56 Å². The first-order valence-electron chi connectivity index (χ1n) is 8.27. The lowest BCUT2D eigenvalue weighted by atomic mass is 9.99. The van der Waals surface area contributed by atoms with Crippen molar-refractivity contribution in [1.29, 1.82) is 0 Å². The molecular formula is C20H19N3O3. The third-order valence-corrected chi connectivity index (χ3v) is 4.08. The molecule has 0 saturated heterocycles. The Morgan fingerprint density at radius 1 is 1.08 bits per heavy atom. The quantitative estimate of drug-likeness (QED) is 0.738. The first-order valence-corrected chi connectivity index (χ1v) is 8.27. The lowest BCUT2D eigenvalue weighted by Gasteiger charge is -2.09. The Morgan fingerprint density at radius 2 is 1.73 bits per heavy atom. The minimum Gasteiger partial charge on any atom is -0.481 e. The number of nitrogens with two attached hydrogens (primary N) is 1. The topological polar surface area (TPSA) is 98.2 Å². The van der Waals surface area contributed by atoms with E-state index in [1.165, 1.54) is 4.68 Å². The minimum atomic E-state index is -0.864. The van der Waals surface area contributed by atoms with Crippen LogP contribution in [-0.2, 0) is 17.8 Å². The summed E-state index contributed by atoms with van der Waals surface area (Å²) in [5.41, 5.74) is 9.72. The summed E-state index contributed by atoms with van der Waals surface area (Å²) in [6.07, 6.45) is -0.0208.